The molecule has 0 bridgehead atoms. The number of aromatic nitrogens is 2. The monoisotopic (exact) mass is 259 g/mol. The van der Waals surface area contributed by atoms with Gasteiger partial charge in [-0.1, -0.05) is 0 Å². The molecular weight excluding hydrogens is 242 g/mol. The molecule has 1 atom stereocenters. The quantitative estimate of drug-likeness (QED) is 0.751. The predicted molar refractivity (Wildman–Crippen MR) is 64.0 cm³/mol. The van der Waals surface area contributed by atoms with E-state index in [0.717, 1.165) is 11.8 Å². The molecule has 6 nitrogen and oxygen atoms in total. The summed E-state index contributed by atoms with van der Waals surface area (Å²) in [7, 11) is 0.0164. The van der Waals surface area contributed by atoms with E-state index in [-0.39, 0.29) is 0 Å². The van der Waals surface area contributed by atoms with Gasteiger partial charge in [0.05, 0.1) is 6.20 Å². The second-order valence-corrected chi connectivity index (χ2v) is 6.55. The lowest BCUT2D eigenvalue weighted by atomic mass is 10.3. The average Bonchev–Trinajstić information content (AvgIpc) is 2.60. The van der Waals surface area contributed by atoms with Gasteiger partial charge in [-0.2, -0.15) is 5.10 Å². The van der Waals surface area contributed by atoms with Crippen LogP contribution in [0.2, 0.25) is 0 Å². The van der Waals surface area contributed by atoms with Crippen molar-refractivity contribution in [3.63, 3.8) is 0 Å². The maximum atomic E-state index is 11.8. The number of carbonyl (C=O) groups is 1. The molecule has 0 saturated carbocycles. The molecule has 0 aromatic carbocycles. The molecule has 17 heavy (non-hydrogen) atoms. The summed E-state index contributed by atoms with van der Waals surface area (Å²) in [6, 6.07) is 0. The fourth-order valence-corrected chi connectivity index (χ4v) is 1.95. The normalized spacial score (nSPS) is 13.4. The Kier molecular flexibility index (Phi) is 3.92. The number of nitrogens with zero attached hydrogens (tertiary/aromatic N) is 3. The Balaban J connectivity index is 2.71. The van der Waals surface area contributed by atoms with E-state index >= 15 is 0 Å². The largest absolute Gasteiger partial charge is 0.340 e. The van der Waals surface area contributed by atoms with Gasteiger partial charge >= 0.3 is 0 Å². The van der Waals surface area contributed by atoms with Crippen molar-refractivity contribution in [3.05, 3.63) is 18.0 Å². The van der Waals surface area contributed by atoms with E-state index < -0.39 is 21.0 Å². The average molecular weight is 259 g/mol. The van der Waals surface area contributed by atoms with Crippen molar-refractivity contribution >= 4 is 15.7 Å². The van der Waals surface area contributed by atoms with Crippen LogP contribution in [0.15, 0.2) is 12.4 Å². The third-order valence-corrected chi connectivity index (χ3v) is 4.03. The third kappa shape index (κ3) is 3.55. The van der Waals surface area contributed by atoms with Gasteiger partial charge in [-0.05, 0) is 6.92 Å². The lowest BCUT2D eigenvalue weighted by molar-refractivity contribution is -0.129. The minimum absolute atomic E-state index is 0.354. The van der Waals surface area contributed by atoms with Crippen molar-refractivity contribution in [2.75, 3.05) is 13.3 Å². The van der Waals surface area contributed by atoms with Crippen LogP contribution in [-0.4, -0.2) is 47.6 Å². The molecule has 0 fully saturated rings. The number of rotatable bonds is 4. The van der Waals surface area contributed by atoms with Crippen LogP contribution >= 0.6 is 0 Å². The summed E-state index contributed by atoms with van der Waals surface area (Å²) in [6.07, 6.45) is 4.50. The van der Waals surface area contributed by atoms with Gasteiger partial charge < -0.3 is 4.90 Å². The topological polar surface area (TPSA) is 72.3 Å². The maximum Gasteiger partial charge on any atom is 0.240 e. The first-order valence-electron chi connectivity index (χ1n) is 5.13. The van der Waals surface area contributed by atoms with E-state index in [2.05, 4.69) is 5.10 Å². The number of hydrogen-bond donors (Lipinski definition) is 0. The first kappa shape index (κ1) is 13.7. The smallest absolute Gasteiger partial charge is 0.240 e. The summed E-state index contributed by atoms with van der Waals surface area (Å²) in [5, 5.41) is 2.97. The molecule has 0 aliphatic carbocycles. The third-order valence-electron chi connectivity index (χ3n) is 2.54. The molecule has 1 aromatic heterocycles. The first-order valence-corrected chi connectivity index (χ1v) is 7.08. The number of aryl methyl sites for hydroxylation is 1. The van der Waals surface area contributed by atoms with E-state index in [1.54, 1.807) is 31.2 Å². The van der Waals surface area contributed by atoms with Gasteiger partial charge in [0.25, 0.3) is 0 Å². The molecule has 0 N–H and O–H groups in total. The van der Waals surface area contributed by atoms with Gasteiger partial charge in [-0.15, -0.1) is 0 Å². The first-order chi connectivity index (χ1) is 7.71. The van der Waals surface area contributed by atoms with Crippen LogP contribution in [-0.2, 0) is 28.2 Å². The Morgan fingerprint density at radius 1 is 1.59 bits per heavy atom. The highest BCUT2D eigenvalue weighted by atomic mass is 32.2. The number of sulfone groups is 1. The number of carbonyl (C=O) groups excluding carboxylic acids is 1. The van der Waals surface area contributed by atoms with Crippen LogP contribution < -0.4 is 0 Å². The summed E-state index contributed by atoms with van der Waals surface area (Å²) in [5.74, 6) is -0.406. The molecule has 96 valence electrons. The SMILES string of the molecule is CC(C(=O)N(C)Cc1cnn(C)c1)S(C)(=O)=O. The number of amides is 1. The molecule has 0 spiro atoms. The minimum Gasteiger partial charge on any atom is -0.340 e. The lowest BCUT2D eigenvalue weighted by Gasteiger charge is -2.19. The summed E-state index contributed by atoms with van der Waals surface area (Å²) >= 11 is 0. The van der Waals surface area contributed by atoms with Gasteiger partial charge in [0, 0.05) is 38.7 Å². The standard InChI is InChI=1S/C10H17N3O3S/c1-8(17(4,15)16)10(14)12(2)6-9-5-11-13(3)7-9/h5,7-8H,6H2,1-4H3. The van der Waals surface area contributed by atoms with Gasteiger partial charge in [-0.3, -0.25) is 9.48 Å². The predicted octanol–water partition coefficient (Wildman–Crippen LogP) is -0.188. The van der Waals surface area contributed by atoms with Crippen molar-refractivity contribution in [1.29, 1.82) is 0 Å². The van der Waals surface area contributed by atoms with E-state index in [1.807, 2.05) is 0 Å². The summed E-state index contributed by atoms with van der Waals surface area (Å²) in [6.45, 7) is 1.75. The fraction of sp³-hybridized carbons (Fsp3) is 0.600. The van der Waals surface area contributed by atoms with Gasteiger partial charge in [0.2, 0.25) is 5.91 Å². The molecule has 0 radical (unpaired) electrons. The van der Waals surface area contributed by atoms with Crippen molar-refractivity contribution < 1.29 is 13.2 Å². The Labute approximate surface area is 101 Å². The molecular formula is C10H17N3O3S. The van der Waals surface area contributed by atoms with Crippen LogP contribution in [0, 0.1) is 0 Å². The van der Waals surface area contributed by atoms with Crippen LogP contribution in [0.4, 0.5) is 0 Å². The van der Waals surface area contributed by atoms with E-state index in [4.69, 9.17) is 0 Å². The highest BCUT2D eigenvalue weighted by Crippen LogP contribution is 2.07. The summed E-state index contributed by atoms with van der Waals surface area (Å²) in [5.41, 5.74) is 0.865. The van der Waals surface area contributed by atoms with Gasteiger partial charge in [-0.25, -0.2) is 8.42 Å². The van der Waals surface area contributed by atoms with Crippen LogP contribution in [0.3, 0.4) is 0 Å². The van der Waals surface area contributed by atoms with Crippen molar-refractivity contribution in [2.45, 2.75) is 18.7 Å². The molecule has 1 rings (SSSR count). The maximum absolute atomic E-state index is 11.8. The second-order valence-electron chi connectivity index (χ2n) is 4.19. The molecule has 1 heterocycles. The van der Waals surface area contributed by atoms with Crippen LogP contribution in [0.5, 0.6) is 0 Å². The zero-order valence-electron chi connectivity index (χ0n) is 10.4. The molecule has 0 aliphatic rings. The van der Waals surface area contributed by atoms with Gasteiger partial charge in [0.1, 0.15) is 5.25 Å². The summed E-state index contributed by atoms with van der Waals surface area (Å²) in [4.78, 5) is 13.2. The zero-order valence-corrected chi connectivity index (χ0v) is 11.2. The van der Waals surface area contributed by atoms with Crippen LogP contribution in [0.25, 0.3) is 0 Å². The highest BCUT2D eigenvalue weighted by molar-refractivity contribution is 7.92. The highest BCUT2D eigenvalue weighted by Gasteiger charge is 2.26. The molecule has 1 unspecified atom stereocenters. The van der Waals surface area contributed by atoms with Crippen molar-refractivity contribution in [3.8, 4) is 0 Å². The Bertz CT molecular complexity index is 507. The minimum atomic E-state index is -3.35. The van der Waals surface area contributed by atoms with E-state index in [0.29, 0.717) is 6.54 Å². The van der Waals surface area contributed by atoms with Crippen LogP contribution in [0.1, 0.15) is 12.5 Å². The fourth-order valence-electron chi connectivity index (χ4n) is 1.40. The van der Waals surface area contributed by atoms with Crippen molar-refractivity contribution in [1.82, 2.24) is 14.7 Å². The molecule has 0 saturated heterocycles. The van der Waals surface area contributed by atoms with Gasteiger partial charge in [0.15, 0.2) is 9.84 Å². The Hall–Kier alpha value is -1.37. The Morgan fingerprint density at radius 3 is 2.59 bits per heavy atom. The Morgan fingerprint density at radius 2 is 2.18 bits per heavy atom. The van der Waals surface area contributed by atoms with Crippen molar-refractivity contribution in [2.24, 2.45) is 7.05 Å². The second kappa shape index (κ2) is 4.87. The number of hydrogen-bond acceptors (Lipinski definition) is 4. The van der Waals surface area contributed by atoms with E-state index in [1.165, 1.54) is 11.8 Å². The summed E-state index contributed by atoms with van der Waals surface area (Å²) < 4.78 is 24.2. The zero-order chi connectivity index (χ0) is 13.2. The molecule has 7 heteroatoms. The molecule has 1 aromatic rings. The lowest BCUT2D eigenvalue weighted by Crippen LogP contribution is -2.38. The van der Waals surface area contributed by atoms with E-state index in [9.17, 15) is 13.2 Å². The molecule has 1 amide bonds. The molecule has 0 aliphatic heterocycles.